The lowest BCUT2D eigenvalue weighted by Gasteiger charge is -2.14. The molecule has 0 saturated heterocycles. The number of aliphatic carboxylic acids is 1. The zero-order valence-corrected chi connectivity index (χ0v) is 7.36. The molecule has 0 aromatic carbocycles. The normalized spacial score (nSPS) is 14.7. The van der Waals surface area contributed by atoms with Gasteiger partial charge < -0.3 is 21.3 Å². The summed E-state index contributed by atoms with van der Waals surface area (Å²) in [4.78, 5) is 21.4. The van der Waals surface area contributed by atoms with Gasteiger partial charge in [0.15, 0.2) is 0 Å². The van der Waals surface area contributed by atoms with E-state index >= 15 is 0 Å². The highest BCUT2D eigenvalue weighted by Gasteiger charge is 2.20. The average Bonchev–Trinajstić information content (AvgIpc) is 2.03. The van der Waals surface area contributed by atoms with Crippen LogP contribution in [0.5, 0.6) is 0 Å². The molecule has 13 heavy (non-hydrogen) atoms. The molecule has 0 fully saturated rings. The summed E-state index contributed by atoms with van der Waals surface area (Å²) < 4.78 is 0. The fraction of sp³-hybridized carbons (Fsp3) is 0.714. The van der Waals surface area contributed by atoms with Crippen molar-refractivity contribution in [3.8, 4) is 0 Å². The fourth-order valence-corrected chi connectivity index (χ4v) is 0.690. The van der Waals surface area contributed by atoms with Crippen molar-refractivity contribution < 1.29 is 19.8 Å². The van der Waals surface area contributed by atoms with Gasteiger partial charge >= 0.3 is 5.97 Å². The van der Waals surface area contributed by atoms with Crippen LogP contribution in [-0.2, 0) is 9.59 Å². The van der Waals surface area contributed by atoms with E-state index in [1.807, 2.05) is 0 Å². The molecular weight excluding hydrogens is 176 g/mol. The fourth-order valence-electron chi connectivity index (χ4n) is 0.690. The van der Waals surface area contributed by atoms with Gasteiger partial charge in [0.2, 0.25) is 5.91 Å². The van der Waals surface area contributed by atoms with Gasteiger partial charge in [0.1, 0.15) is 6.04 Å². The second-order valence-corrected chi connectivity index (χ2v) is 2.70. The molecule has 5 N–H and O–H groups in total. The maximum absolute atomic E-state index is 11.0. The van der Waals surface area contributed by atoms with Crippen molar-refractivity contribution in [3.63, 3.8) is 0 Å². The largest absolute Gasteiger partial charge is 0.480 e. The lowest BCUT2D eigenvalue weighted by molar-refractivity contribution is -0.142. The molecule has 0 saturated carbocycles. The zero-order chi connectivity index (χ0) is 10.4. The molecule has 0 aliphatic carbocycles. The molecule has 0 unspecified atom stereocenters. The van der Waals surface area contributed by atoms with Gasteiger partial charge in [-0.3, -0.25) is 4.79 Å². The molecule has 0 spiro atoms. The van der Waals surface area contributed by atoms with E-state index in [1.165, 1.54) is 6.92 Å². The van der Waals surface area contributed by atoms with Gasteiger partial charge in [-0.05, 0) is 6.92 Å². The second kappa shape index (κ2) is 5.50. The van der Waals surface area contributed by atoms with Crippen molar-refractivity contribution >= 4 is 11.9 Å². The monoisotopic (exact) mass is 190 g/mol. The van der Waals surface area contributed by atoms with Crippen LogP contribution in [0.4, 0.5) is 0 Å². The molecule has 2 atom stereocenters. The molecule has 0 rings (SSSR count). The van der Waals surface area contributed by atoms with E-state index in [0.29, 0.717) is 0 Å². The van der Waals surface area contributed by atoms with Gasteiger partial charge in [0.05, 0.1) is 6.04 Å². The quantitative estimate of drug-likeness (QED) is 0.412. The van der Waals surface area contributed by atoms with Gasteiger partial charge in [0, 0.05) is 13.0 Å². The first-order valence-corrected chi connectivity index (χ1v) is 3.88. The van der Waals surface area contributed by atoms with Gasteiger partial charge in [-0.25, -0.2) is 4.79 Å². The Kier molecular flexibility index (Phi) is 5.01. The molecule has 0 bridgehead atoms. The number of carbonyl (C=O) groups excluding carboxylic acids is 1. The van der Waals surface area contributed by atoms with Crippen LogP contribution in [0.1, 0.15) is 13.3 Å². The Hall–Kier alpha value is -1.14. The maximum atomic E-state index is 11.0. The standard InChI is InChI=1S/C7H14N2O4/c1-4(8)6(11)9-5(2-3-10)7(12)13/h4-5,10H,2-3,8H2,1H3,(H,9,11)(H,12,13)/t4-,5-/m1/s1. The minimum absolute atomic E-state index is 0.0200. The predicted molar refractivity (Wildman–Crippen MR) is 44.9 cm³/mol. The van der Waals surface area contributed by atoms with Crippen molar-refractivity contribution in [1.82, 2.24) is 5.32 Å². The van der Waals surface area contributed by atoms with Gasteiger partial charge in [0.25, 0.3) is 0 Å². The van der Waals surface area contributed by atoms with Gasteiger partial charge in [-0.2, -0.15) is 0 Å². The van der Waals surface area contributed by atoms with E-state index in [1.54, 1.807) is 0 Å². The molecule has 76 valence electrons. The molecular formula is C7H14N2O4. The zero-order valence-electron chi connectivity index (χ0n) is 7.36. The summed E-state index contributed by atoms with van der Waals surface area (Å²) in [5.74, 6) is -1.72. The summed E-state index contributed by atoms with van der Waals surface area (Å²) in [6, 6.07) is -1.82. The topological polar surface area (TPSA) is 113 Å². The number of carboxylic acid groups (broad SMARTS) is 1. The molecule has 0 heterocycles. The van der Waals surface area contributed by atoms with Crippen LogP contribution in [0.15, 0.2) is 0 Å². The van der Waals surface area contributed by atoms with E-state index in [4.69, 9.17) is 15.9 Å². The summed E-state index contributed by atoms with van der Waals surface area (Å²) in [6.45, 7) is 1.16. The van der Waals surface area contributed by atoms with E-state index in [-0.39, 0.29) is 13.0 Å². The Morgan fingerprint density at radius 2 is 2.08 bits per heavy atom. The van der Waals surface area contributed by atoms with Crippen LogP contribution < -0.4 is 11.1 Å². The molecule has 0 aromatic rings. The van der Waals surface area contributed by atoms with E-state index in [9.17, 15) is 9.59 Å². The smallest absolute Gasteiger partial charge is 0.326 e. The number of carbonyl (C=O) groups is 2. The van der Waals surface area contributed by atoms with Crippen LogP contribution >= 0.6 is 0 Å². The minimum Gasteiger partial charge on any atom is -0.480 e. The van der Waals surface area contributed by atoms with E-state index in [2.05, 4.69) is 5.32 Å². The predicted octanol–water partition coefficient (Wildman–Crippen LogP) is -1.71. The summed E-state index contributed by atoms with van der Waals surface area (Å²) in [6.07, 6.45) is -0.0200. The minimum atomic E-state index is -1.18. The summed E-state index contributed by atoms with van der Waals surface area (Å²) in [7, 11) is 0. The average molecular weight is 190 g/mol. The van der Waals surface area contributed by atoms with Crippen molar-refractivity contribution in [3.05, 3.63) is 0 Å². The van der Waals surface area contributed by atoms with E-state index < -0.39 is 24.0 Å². The lowest BCUT2D eigenvalue weighted by Crippen LogP contribution is -2.47. The van der Waals surface area contributed by atoms with Crippen molar-refractivity contribution in [1.29, 1.82) is 0 Å². The molecule has 0 aliphatic heterocycles. The highest BCUT2D eigenvalue weighted by atomic mass is 16.4. The Balaban J connectivity index is 4.10. The summed E-state index contributed by atoms with van der Waals surface area (Å²) >= 11 is 0. The molecule has 0 radical (unpaired) electrons. The van der Waals surface area contributed by atoms with Crippen molar-refractivity contribution in [2.75, 3.05) is 6.61 Å². The molecule has 6 heteroatoms. The maximum Gasteiger partial charge on any atom is 0.326 e. The first kappa shape index (κ1) is 11.9. The van der Waals surface area contributed by atoms with Crippen molar-refractivity contribution in [2.45, 2.75) is 25.4 Å². The Morgan fingerprint density at radius 1 is 1.54 bits per heavy atom. The van der Waals surface area contributed by atoms with Crippen LogP contribution in [0.3, 0.4) is 0 Å². The summed E-state index contributed by atoms with van der Waals surface area (Å²) in [5, 5.41) is 19.3. The van der Waals surface area contributed by atoms with Crippen LogP contribution in [0.25, 0.3) is 0 Å². The van der Waals surface area contributed by atoms with Crippen molar-refractivity contribution in [2.24, 2.45) is 5.73 Å². The third-order valence-corrected chi connectivity index (χ3v) is 1.45. The lowest BCUT2D eigenvalue weighted by atomic mass is 10.2. The van der Waals surface area contributed by atoms with Crippen LogP contribution in [0.2, 0.25) is 0 Å². The van der Waals surface area contributed by atoms with Crippen LogP contribution in [-0.4, -0.2) is 40.8 Å². The number of nitrogens with two attached hydrogens (primary N) is 1. The number of hydrogen-bond donors (Lipinski definition) is 4. The van der Waals surface area contributed by atoms with E-state index in [0.717, 1.165) is 0 Å². The molecule has 6 nitrogen and oxygen atoms in total. The molecule has 0 aromatic heterocycles. The third-order valence-electron chi connectivity index (χ3n) is 1.45. The number of carboxylic acids is 1. The highest BCUT2D eigenvalue weighted by Crippen LogP contribution is 1.92. The summed E-state index contributed by atoms with van der Waals surface area (Å²) in [5.41, 5.74) is 5.21. The van der Waals surface area contributed by atoms with Crippen LogP contribution in [0, 0.1) is 0 Å². The second-order valence-electron chi connectivity index (χ2n) is 2.70. The first-order valence-electron chi connectivity index (χ1n) is 3.88. The third kappa shape index (κ3) is 4.44. The molecule has 0 aliphatic rings. The van der Waals surface area contributed by atoms with Gasteiger partial charge in [-0.15, -0.1) is 0 Å². The number of nitrogens with one attached hydrogen (secondary N) is 1. The number of aliphatic hydroxyl groups is 1. The SMILES string of the molecule is C[C@@H](N)C(=O)N[C@H](CCO)C(=O)O. The van der Waals surface area contributed by atoms with Gasteiger partial charge in [-0.1, -0.05) is 0 Å². The Labute approximate surface area is 75.7 Å². The molecule has 1 amide bonds. The Bertz CT molecular complexity index is 193. The first-order chi connectivity index (χ1) is 5.99. The highest BCUT2D eigenvalue weighted by molar-refractivity contribution is 5.86. The number of rotatable bonds is 5. The number of aliphatic hydroxyl groups excluding tert-OH is 1. The number of hydrogen-bond acceptors (Lipinski definition) is 4. The Morgan fingerprint density at radius 3 is 2.38 bits per heavy atom. The number of amides is 1.